The van der Waals surface area contributed by atoms with Gasteiger partial charge in [-0.1, -0.05) is 36.5 Å². The van der Waals surface area contributed by atoms with Crippen molar-refractivity contribution in [2.75, 3.05) is 71.1 Å². The number of unbranched alkanes of at least 4 members (excludes halogenated alkanes) is 2. The van der Waals surface area contributed by atoms with Gasteiger partial charge >= 0.3 is 6.09 Å². The first-order valence-electron chi connectivity index (χ1n) is 33.2. The fourth-order valence-corrected chi connectivity index (χ4v) is 13.1. The van der Waals surface area contributed by atoms with Gasteiger partial charge in [-0.25, -0.2) is 14.3 Å². The summed E-state index contributed by atoms with van der Waals surface area (Å²) in [4.78, 5) is 136. The monoisotopic (exact) mass is 1410 g/mol. The van der Waals surface area contributed by atoms with E-state index in [-0.39, 0.29) is 48.3 Å². The molecule has 0 spiro atoms. The number of phenolic OH excluding ortho intramolecular Hbond substituents is 1. The van der Waals surface area contributed by atoms with Crippen molar-refractivity contribution in [3.63, 3.8) is 0 Å². The molecule has 15 N–H and O–H groups in total. The molecule has 13 atom stereocenters. The number of ether oxygens (including phenoxy) is 4. The van der Waals surface area contributed by atoms with Gasteiger partial charge in [0.2, 0.25) is 51.4 Å². The summed E-state index contributed by atoms with van der Waals surface area (Å²) in [6, 6.07) is -1.62. The predicted octanol–water partition coefficient (Wildman–Crippen LogP) is -1.92. The van der Waals surface area contributed by atoms with E-state index in [4.69, 9.17) is 34.8 Å². The maximum atomic E-state index is 14.8. The van der Waals surface area contributed by atoms with Crippen molar-refractivity contribution in [3.8, 4) is 22.8 Å². The number of anilines is 1. The molecule has 33 nitrogen and oxygen atoms in total. The van der Waals surface area contributed by atoms with Gasteiger partial charge in [-0.3, -0.25) is 38.4 Å². The van der Waals surface area contributed by atoms with E-state index in [1.165, 1.54) is 48.6 Å². The van der Waals surface area contributed by atoms with Crippen LogP contribution >= 0.6 is 11.3 Å². The zero-order valence-corrected chi connectivity index (χ0v) is 57.1. The van der Waals surface area contributed by atoms with Gasteiger partial charge in [-0.15, -0.1) is 5.10 Å². The van der Waals surface area contributed by atoms with E-state index in [0.29, 0.717) is 22.8 Å². The zero-order valence-electron chi connectivity index (χ0n) is 56.2. The lowest BCUT2D eigenvalue weighted by Crippen LogP contribution is -2.64. The Kier molecular flexibility index (Phi) is 26.7. The molecule has 8 rings (SSSR count). The molecular formula is C65H93N13O20S. The van der Waals surface area contributed by atoms with E-state index in [1.807, 2.05) is 0 Å². The first-order chi connectivity index (χ1) is 47.0. The molecule has 0 unspecified atom stereocenters. The highest BCUT2D eigenvalue weighted by atomic mass is 32.1. The number of rotatable bonds is 23. The average molecular weight is 1410 g/mol. The number of amides is 9. The normalized spacial score (nSPS) is 25.1. The van der Waals surface area contributed by atoms with Crippen molar-refractivity contribution in [2.45, 2.75) is 183 Å². The highest BCUT2D eigenvalue weighted by Crippen LogP contribution is 2.32. The number of alkyl carbamates (subject to hydrolysis) is 1. The fourth-order valence-electron chi connectivity index (χ4n) is 12.1. The van der Waals surface area contributed by atoms with E-state index < -0.39 is 183 Å². The SMILES string of the molecule is COCCCCCOC1CCN(c2nn3cc(-c4ccc(C(=O)N[C@H]5C[C@@H](O)CNC(=O)[C@@H]6[C@@H](O)[C@@H](C)CN6C(=O)[C@H]([C@H](O)CC(N)=O)NC(=O)[C@H]([C@H](O)Cc6ccc(O)c(OCCCNC(=O)OC(C)(C)C)c6)NC(=O)[C@@H]6C[C@@H](O)CN6C(=O)[C@H]([C@@H](C)O)NC5=O)cc4)nc3s2)CC1. The summed E-state index contributed by atoms with van der Waals surface area (Å²) in [5.41, 5.74) is 6.06. The second kappa shape index (κ2) is 34.6. The number of aromatic hydroxyl groups is 1. The van der Waals surface area contributed by atoms with Crippen molar-refractivity contribution in [1.82, 2.24) is 56.3 Å². The first-order valence-corrected chi connectivity index (χ1v) is 34.0. The molecule has 544 valence electrons. The first kappa shape index (κ1) is 76.4. The van der Waals surface area contributed by atoms with Crippen LogP contribution in [0.2, 0.25) is 0 Å². The largest absolute Gasteiger partial charge is 0.504 e. The third-order valence-electron chi connectivity index (χ3n) is 17.4. The number of carbonyl (C=O) groups excluding carboxylic acids is 9. The Morgan fingerprint density at radius 3 is 2.16 bits per heavy atom. The maximum absolute atomic E-state index is 14.8. The van der Waals surface area contributed by atoms with Crippen LogP contribution in [0.1, 0.15) is 108 Å². The van der Waals surface area contributed by atoms with Crippen molar-refractivity contribution < 1.29 is 97.8 Å². The van der Waals surface area contributed by atoms with E-state index in [0.717, 1.165) is 73.7 Å². The summed E-state index contributed by atoms with van der Waals surface area (Å²) in [5, 5.41) is 100.0. The number of hydrogen-bond donors (Lipinski definition) is 14. The number of benzene rings is 2. The van der Waals surface area contributed by atoms with E-state index in [9.17, 15) is 78.9 Å². The lowest BCUT2D eigenvalue weighted by molar-refractivity contribution is -0.147. The summed E-state index contributed by atoms with van der Waals surface area (Å²) in [6.07, 6.45) is -7.22. The molecule has 9 amide bonds. The number of imidazole rings is 1. The number of carbonyl (C=O) groups is 9. The summed E-state index contributed by atoms with van der Waals surface area (Å²) in [5.74, 6) is -10.6. The summed E-state index contributed by atoms with van der Waals surface area (Å²) in [7, 11) is 1.69. The predicted molar refractivity (Wildman–Crippen MR) is 354 cm³/mol. The minimum Gasteiger partial charge on any atom is -0.504 e. The molecule has 0 bridgehead atoms. The van der Waals surface area contributed by atoms with Crippen LogP contribution in [0.3, 0.4) is 0 Å². The Balaban J connectivity index is 1.03. The third kappa shape index (κ3) is 20.6. The Morgan fingerprint density at radius 1 is 0.798 bits per heavy atom. The lowest BCUT2D eigenvalue weighted by Gasteiger charge is -2.33. The average Bonchev–Trinajstić information content (AvgIpc) is 1.67. The van der Waals surface area contributed by atoms with Crippen molar-refractivity contribution in [2.24, 2.45) is 11.7 Å². The number of phenols is 1. The topological polar surface area (TPSA) is 470 Å². The standard InChI is InChI=1S/C65H93N13O20S/c1-34-31-77-53(54(34)86)59(91)68-30-39(80)27-42(69-55(87)38-14-12-37(13-15-38)43-33-78-62(70-43)99-63(74-78)75-20-17-41(18-21-75)96-23-9-7-8-22-95-6)56(88)71-50(35(2)79)60(92)76-32-40(81)28-44(76)57(89)72-51(58(90)73-52(61(77)93)47(84)29-49(66)85)46(83)25-36-11-16-45(82)48(26-36)97-24-10-19-67-64(94)98-65(3,4)5/h11-16,26,33-35,39-42,44,46-47,50-54,79-84,86H,7-10,17-25,27-32H2,1-6H3,(H2,66,85)(H,67,94)(H,68,91)(H,69,87)(H,71,88)(H,72,89)(H,73,90)/t34-,35+,39+,40+,42-,44-,46+,47+,50-,51-,52-,53-,54-/m0/s1. The van der Waals surface area contributed by atoms with Crippen LogP contribution in [0.5, 0.6) is 11.5 Å². The number of fused-ring (bicyclic) bond motifs is 3. The van der Waals surface area contributed by atoms with Gasteiger partial charge in [0.15, 0.2) is 11.5 Å². The van der Waals surface area contributed by atoms with Crippen LogP contribution in [0.15, 0.2) is 48.7 Å². The van der Waals surface area contributed by atoms with Gasteiger partial charge in [0.1, 0.15) is 41.9 Å². The number of aliphatic hydroxyl groups is 6. The van der Waals surface area contributed by atoms with Gasteiger partial charge in [0, 0.05) is 95.9 Å². The second-order valence-electron chi connectivity index (χ2n) is 26.5. The summed E-state index contributed by atoms with van der Waals surface area (Å²) in [6.45, 7) is 9.08. The molecule has 2 aromatic heterocycles. The molecule has 0 aliphatic carbocycles. The second-order valence-corrected chi connectivity index (χ2v) is 27.5. The van der Waals surface area contributed by atoms with Crippen molar-refractivity contribution >= 4 is 74.8 Å². The van der Waals surface area contributed by atoms with Crippen molar-refractivity contribution in [3.05, 3.63) is 59.8 Å². The number of piperidine rings is 1. The highest BCUT2D eigenvalue weighted by Gasteiger charge is 2.50. The number of nitrogens with two attached hydrogens (primary N) is 1. The molecular weight excluding hydrogens is 1310 g/mol. The zero-order chi connectivity index (χ0) is 72.0. The molecule has 6 heterocycles. The lowest BCUT2D eigenvalue weighted by atomic mass is 9.98. The van der Waals surface area contributed by atoms with Crippen LogP contribution in [0.4, 0.5) is 9.93 Å². The highest BCUT2D eigenvalue weighted by molar-refractivity contribution is 7.20. The smallest absolute Gasteiger partial charge is 0.407 e. The van der Waals surface area contributed by atoms with Gasteiger partial charge in [-0.2, -0.15) is 0 Å². The molecule has 4 saturated heterocycles. The molecule has 4 fully saturated rings. The number of aliphatic hydroxyl groups excluding tert-OH is 6. The van der Waals surface area contributed by atoms with Gasteiger partial charge in [0.25, 0.3) is 5.91 Å². The molecule has 0 radical (unpaired) electrons. The minimum absolute atomic E-state index is 0.0180. The Hall–Kier alpha value is -8.35. The maximum Gasteiger partial charge on any atom is 0.407 e. The van der Waals surface area contributed by atoms with E-state index in [2.05, 4.69) is 36.8 Å². The summed E-state index contributed by atoms with van der Waals surface area (Å²) >= 11 is 1.43. The molecule has 0 saturated carbocycles. The Morgan fingerprint density at radius 2 is 1.48 bits per heavy atom. The molecule has 4 aliphatic rings. The number of nitrogens with zero attached hydrogens (tertiary/aromatic N) is 6. The van der Waals surface area contributed by atoms with E-state index >= 15 is 0 Å². The van der Waals surface area contributed by atoms with Crippen LogP contribution in [-0.4, -0.2) is 264 Å². The van der Waals surface area contributed by atoms with E-state index in [1.54, 1.807) is 50.7 Å². The van der Waals surface area contributed by atoms with Crippen LogP contribution < -0.4 is 47.3 Å². The molecule has 99 heavy (non-hydrogen) atoms. The molecule has 34 heteroatoms. The third-order valence-corrected chi connectivity index (χ3v) is 18.4. The molecule has 4 aliphatic heterocycles. The number of β-amino-alcohol motifs (C(OH)–C–C–N with tert-alkyl or cyclic N) is 1. The van der Waals surface area contributed by atoms with Gasteiger partial charge in [0.05, 0.1) is 67.6 Å². The van der Waals surface area contributed by atoms with Gasteiger partial charge < -0.3 is 107 Å². The quantitative estimate of drug-likeness (QED) is 0.0360. The fraction of sp³-hybridized carbons (Fsp3) is 0.615. The van der Waals surface area contributed by atoms with Crippen LogP contribution in [-0.2, 0) is 54.2 Å². The Labute approximate surface area is 575 Å². The minimum atomic E-state index is -2.21. The number of hydrogen-bond acceptors (Lipinski definition) is 24. The number of methoxy groups -OCH3 is 1. The van der Waals surface area contributed by atoms with Crippen LogP contribution in [0.25, 0.3) is 16.2 Å². The number of aromatic nitrogens is 3. The molecule has 4 aromatic rings. The Bertz CT molecular complexity index is 3440. The molecule has 2 aromatic carbocycles. The van der Waals surface area contributed by atoms with Gasteiger partial charge in [-0.05, 0) is 96.0 Å². The number of primary amides is 1. The number of nitrogens with one attached hydrogen (secondary N) is 6. The van der Waals surface area contributed by atoms with Crippen LogP contribution in [0, 0.1) is 5.92 Å². The van der Waals surface area contributed by atoms with Crippen molar-refractivity contribution in [1.29, 1.82) is 0 Å². The summed E-state index contributed by atoms with van der Waals surface area (Å²) < 4.78 is 23.9.